The molecule has 3 N–H and O–H groups in total. The Morgan fingerprint density at radius 3 is 2.38 bits per heavy atom. The van der Waals surface area contributed by atoms with Crippen molar-refractivity contribution in [3.05, 3.63) is 64.2 Å². The van der Waals surface area contributed by atoms with E-state index in [1.54, 1.807) is 25.1 Å². The fourth-order valence-electron chi connectivity index (χ4n) is 2.13. The summed E-state index contributed by atoms with van der Waals surface area (Å²) in [4.78, 5) is 23.8. The summed E-state index contributed by atoms with van der Waals surface area (Å²) in [6.45, 7) is 2.12. The van der Waals surface area contributed by atoms with Crippen LogP contribution in [0, 0.1) is 6.92 Å². The van der Waals surface area contributed by atoms with E-state index in [1.165, 1.54) is 0 Å². The van der Waals surface area contributed by atoms with Crippen LogP contribution < -0.4 is 10.6 Å². The minimum Gasteiger partial charge on any atom is -0.392 e. The standard InChI is InChI=1S/C18H19ClN2O3/c1-12-15(19)3-2-4-16(12)21-18(24)17(23)20-10-9-13-5-7-14(11-22)8-6-13/h2-8,22H,9-11H2,1H3,(H,20,23)(H,21,24). The SMILES string of the molecule is Cc1c(Cl)cccc1NC(=O)C(=O)NCCc1ccc(CO)cc1. The lowest BCUT2D eigenvalue weighted by Gasteiger charge is -2.10. The van der Waals surface area contributed by atoms with Crippen LogP contribution in [0.25, 0.3) is 0 Å². The van der Waals surface area contributed by atoms with Crippen molar-refractivity contribution in [2.75, 3.05) is 11.9 Å². The zero-order chi connectivity index (χ0) is 17.5. The first-order valence-electron chi connectivity index (χ1n) is 7.54. The highest BCUT2D eigenvalue weighted by Crippen LogP contribution is 2.22. The van der Waals surface area contributed by atoms with Crippen LogP contribution >= 0.6 is 11.6 Å². The van der Waals surface area contributed by atoms with Crippen molar-refractivity contribution in [3.8, 4) is 0 Å². The monoisotopic (exact) mass is 346 g/mol. The highest BCUT2D eigenvalue weighted by Gasteiger charge is 2.14. The summed E-state index contributed by atoms with van der Waals surface area (Å²) in [5.41, 5.74) is 3.07. The maximum absolute atomic E-state index is 11.9. The number of amides is 2. The number of nitrogens with one attached hydrogen (secondary N) is 2. The number of carbonyl (C=O) groups is 2. The third kappa shape index (κ3) is 4.81. The lowest BCUT2D eigenvalue weighted by molar-refractivity contribution is -0.136. The van der Waals surface area contributed by atoms with Gasteiger partial charge in [0.15, 0.2) is 0 Å². The van der Waals surface area contributed by atoms with Crippen molar-refractivity contribution in [1.29, 1.82) is 0 Å². The second-order valence-electron chi connectivity index (χ2n) is 5.35. The lowest BCUT2D eigenvalue weighted by Crippen LogP contribution is -2.36. The summed E-state index contributed by atoms with van der Waals surface area (Å²) in [6, 6.07) is 12.5. The molecule has 0 saturated carbocycles. The maximum Gasteiger partial charge on any atom is 0.313 e. The van der Waals surface area contributed by atoms with Crippen molar-refractivity contribution in [2.24, 2.45) is 0 Å². The van der Waals surface area contributed by atoms with Gasteiger partial charge < -0.3 is 15.7 Å². The molecule has 2 amide bonds. The zero-order valence-electron chi connectivity index (χ0n) is 13.3. The summed E-state index contributed by atoms with van der Waals surface area (Å²) in [7, 11) is 0. The van der Waals surface area contributed by atoms with E-state index in [4.69, 9.17) is 16.7 Å². The number of hydrogen-bond acceptors (Lipinski definition) is 3. The second kappa shape index (κ2) is 8.47. The molecular weight excluding hydrogens is 328 g/mol. The molecule has 0 saturated heterocycles. The Morgan fingerprint density at radius 1 is 1.04 bits per heavy atom. The van der Waals surface area contributed by atoms with Gasteiger partial charge in [-0.15, -0.1) is 0 Å². The van der Waals surface area contributed by atoms with Gasteiger partial charge in [-0.3, -0.25) is 9.59 Å². The van der Waals surface area contributed by atoms with Gasteiger partial charge in [0.2, 0.25) is 0 Å². The molecule has 0 aliphatic heterocycles. The van der Waals surface area contributed by atoms with Gasteiger partial charge in [-0.25, -0.2) is 0 Å². The van der Waals surface area contributed by atoms with E-state index in [1.807, 2.05) is 24.3 Å². The fourth-order valence-corrected chi connectivity index (χ4v) is 2.31. The number of rotatable bonds is 5. The molecule has 0 fully saturated rings. The third-order valence-electron chi connectivity index (χ3n) is 3.63. The highest BCUT2D eigenvalue weighted by atomic mass is 35.5. The van der Waals surface area contributed by atoms with Crippen molar-refractivity contribution in [1.82, 2.24) is 5.32 Å². The molecular formula is C18H19ClN2O3. The summed E-state index contributed by atoms with van der Waals surface area (Å²) in [6.07, 6.45) is 0.598. The van der Waals surface area contributed by atoms with Gasteiger partial charge in [0.1, 0.15) is 0 Å². The van der Waals surface area contributed by atoms with Gasteiger partial charge in [-0.05, 0) is 42.2 Å². The quantitative estimate of drug-likeness (QED) is 0.728. The second-order valence-corrected chi connectivity index (χ2v) is 5.75. The van der Waals surface area contributed by atoms with Crippen molar-refractivity contribution < 1.29 is 14.7 Å². The molecule has 0 aliphatic rings. The number of benzene rings is 2. The van der Waals surface area contributed by atoms with Crippen LogP contribution in [0.2, 0.25) is 5.02 Å². The predicted molar refractivity (Wildman–Crippen MR) is 93.9 cm³/mol. The Hall–Kier alpha value is -2.37. The topological polar surface area (TPSA) is 78.4 Å². The molecule has 0 heterocycles. The summed E-state index contributed by atoms with van der Waals surface area (Å²) in [5, 5.41) is 14.6. The smallest absolute Gasteiger partial charge is 0.313 e. The van der Waals surface area contributed by atoms with Crippen LogP contribution in [-0.4, -0.2) is 23.5 Å². The number of aliphatic hydroxyl groups is 1. The van der Waals surface area contributed by atoms with Crippen molar-refractivity contribution >= 4 is 29.1 Å². The molecule has 0 bridgehead atoms. The van der Waals surface area contributed by atoms with E-state index in [-0.39, 0.29) is 6.61 Å². The van der Waals surface area contributed by atoms with E-state index in [0.717, 1.165) is 11.1 Å². The largest absolute Gasteiger partial charge is 0.392 e. The average Bonchev–Trinajstić information content (AvgIpc) is 2.59. The van der Waals surface area contributed by atoms with Crippen LogP contribution in [0.1, 0.15) is 16.7 Å². The highest BCUT2D eigenvalue weighted by molar-refractivity contribution is 6.40. The van der Waals surface area contributed by atoms with Crippen LogP contribution in [0.15, 0.2) is 42.5 Å². The first kappa shape index (κ1) is 18.0. The summed E-state index contributed by atoms with van der Waals surface area (Å²) in [5.74, 6) is -1.42. The Balaban J connectivity index is 1.83. The van der Waals surface area contributed by atoms with Crippen molar-refractivity contribution in [2.45, 2.75) is 20.0 Å². The first-order valence-corrected chi connectivity index (χ1v) is 7.92. The van der Waals surface area contributed by atoms with E-state index in [9.17, 15) is 9.59 Å². The van der Waals surface area contributed by atoms with Crippen molar-refractivity contribution in [3.63, 3.8) is 0 Å². The van der Waals surface area contributed by atoms with Crippen LogP contribution in [0.3, 0.4) is 0 Å². The predicted octanol–water partition coefficient (Wildman–Crippen LogP) is 2.44. The number of anilines is 1. The number of aliphatic hydroxyl groups excluding tert-OH is 1. The third-order valence-corrected chi connectivity index (χ3v) is 4.04. The molecule has 0 aliphatic carbocycles. The van der Waals surface area contributed by atoms with Crippen LogP contribution in [0.5, 0.6) is 0 Å². The van der Waals surface area contributed by atoms with Gasteiger partial charge >= 0.3 is 11.8 Å². The average molecular weight is 347 g/mol. The molecule has 2 aromatic carbocycles. The maximum atomic E-state index is 11.9. The molecule has 2 rings (SSSR count). The number of carbonyl (C=O) groups excluding carboxylic acids is 2. The van der Waals surface area contributed by atoms with Crippen LogP contribution in [0.4, 0.5) is 5.69 Å². The number of halogens is 1. The fraction of sp³-hybridized carbons (Fsp3) is 0.222. The van der Waals surface area contributed by atoms with Gasteiger partial charge in [-0.2, -0.15) is 0 Å². The molecule has 24 heavy (non-hydrogen) atoms. The Labute approximate surface area is 145 Å². The van der Waals surface area contributed by atoms with E-state index >= 15 is 0 Å². The van der Waals surface area contributed by atoms with Gasteiger partial charge in [-0.1, -0.05) is 41.9 Å². The summed E-state index contributed by atoms with van der Waals surface area (Å²) < 4.78 is 0. The van der Waals surface area contributed by atoms with Gasteiger partial charge in [0.25, 0.3) is 0 Å². The molecule has 0 atom stereocenters. The normalized spacial score (nSPS) is 10.3. The van der Waals surface area contributed by atoms with Gasteiger partial charge in [0.05, 0.1) is 6.61 Å². The molecule has 0 aromatic heterocycles. The summed E-state index contributed by atoms with van der Waals surface area (Å²) >= 11 is 5.98. The molecule has 0 unspecified atom stereocenters. The minimum atomic E-state index is -0.726. The minimum absolute atomic E-state index is 0.000106. The molecule has 6 heteroatoms. The Morgan fingerprint density at radius 2 is 1.71 bits per heavy atom. The van der Waals surface area contributed by atoms with E-state index < -0.39 is 11.8 Å². The lowest BCUT2D eigenvalue weighted by atomic mass is 10.1. The van der Waals surface area contributed by atoms with Gasteiger partial charge in [0, 0.05) is 17.3 Å². The first-order chi connectivity index (χ1) is 11.5. The molecule has 2 aromatic rings. The molecule has 126 valence electrons. The molecule has 0 spiro atoms. The molecule has 5 nitrogen and oxygen atoms in total. The zero-order valence-corrected chi connectivity index (χ0v) is 14.1. The van der Waals surface area contributed by atoms with E-state index in [2.05, 4.69) is 10.6 Å². The Kier molecular flexibility index (Phi) is 6.35. The van der Waals surface area contributed by atoms with E-state index in [0.29, 0.717) is 29.2 Å². The Bertz CT molecular complexity index is 730. The molecule has 0 radical (unpaired) electrons. The van der Waals surface area contributed by atoms with Crippen LogP contribution in [-0.2, 0) is 22.6 Å². The number of hydrogen-bond donors (Lipinski definition) is 3.